The molecule has 0 radical (unpaired) electrons. The number of carbonyl (C=O) groups is 2. The van der Waals surface area contributed by atoms with E-state index in [0.29, 0.717) is 16.0 Å². The van der Waals surface area contributed by atoms with Crippen molar-refractivity contribution in [2.75, 3.05) is 11.1 Å². The third-order valence-corrected chi connectivity index (χ3v) is 4.79. The number of rotatable bonds is 7. The Labute approximate surface area is 143 Å². The van der Waals surface area contributed by atoms with Crippen LogP contribution in [0.4, 0.5) is 5.13 Å². The second-order valence-electron chi connectivity index (χ2n) is 5.07. The summed E-state index contributed by atoms with van der Waals surface area (Å²) in [5, 5.41) is 13.8. The number of amides is 2. The molecule has 2 N–H and O–H groups in total. The van der Waals surface area contributed by atoms with E-state index in [0.717, 1.165) is 5.56 Å². The molecule has 0 atom stereocenters. The van der Waals surface area contributed by atoms with Gasteiger partial charge in [-0.1, -0.05) is 67.3 Å². The SMILES string of the molecule is CC(C)C(=O)Nc1nnc(SCC(=O)NCc2ccccc2)s1. The maximum absolute atomic E-state index is 11.8. The fourth-order valence-electron chi connectivity index (χ4n) is 1.54. The predicted octanol–water partition coefficient (Wildman–Crippen LogP) is 2.54. The average Bonchev–Trinajstić information content (AvgIpc) is 2.99. The van der Waals surface area contributed by atoms with Crippen LogP contribution in [-0.2, 0) is 16.1 Å². The number of nitrogens with one attached hydrogen (secondary N) is 2. The number of nitrogens with zero attached hydrogens (tertiary/aromatic N) is 2. The Kier molecular flexibility index (Phi) is 6.54. The van der Waals surface area contributed by atoms with Crippen LogP contribution in [0.2, 0.25) is 0 Å². The second kappa shape index (κ2) is 8.64. The molecule has 1 aromatic carbocycles. The lowest BCUT2D eigenvalue weighted by Gasteiger charge is -2.04. The van der Waals surface area contributed by atoms with E-state index in [1.54, 1.807) is 0 Å². The van der Waals surface area contributed by atoms with Crippen molar-refractivity contribution in [2.45, 2.75) is 24.7 Å². The lowest BCUT2D eigenvalue weighted by Crippen LogP contribution is -2.24. The molecule has 0 saturated carbocycles. The van der Waals surface area contributed by atoms with Crippen molar-refractivity contribution in [2.24, 2.45) is 5.92 Å². The second-order valence-corrected chi connectivity index (χ2v) is 7.27. The first-order valence-electron chi connectivity index (χ1n) is 7.12. The van der Waals surface area contributed by atoms with Crippen molar-refractivity contribution >= 4 is 40.0 Å². The Morgan fingerprint density at radius 3 is 2.65 bits per heavy atom. The van der Waals surface area contributed by atoms with Crippen LogP contribution in [0.1, 0.15) is 19.4 Å². The molecule has 0 aliphatic rings. The molecule has 1 aromatic heterocycles. The lowest BCUT2D eigenvalue weighted by molar-refractivity contribution is -0.119. The van der Waals surface area contributed by atoms with Crippen LogP contribution in [-0.4, -0.2) is 27.8 Å². The van der Waals surface area contributed by atoms with Gasteiger partial charge in [0.15, 0.2) is 4.34 Å². The van der Waals surface area contributed by atoms with Gasteiger partial charge >= 0.3 is 0 Å². The van der Waals surface area contributed by atoms with Crippen molar-refractivity contribution in [1.82, 2.24) is 15.5 Å². The largest absolute Gasteiger partial charge is 0.351 e. The van der Waals surface area contributed by atoms with Crippen LogP contribution in [0, 0.1) is 5.92 Å². The molecular weight excluding hydrogens is 332 g/mol. The normalized spacial score (nSPS) is 10.6. The van der Waals surface area contributed by atoms with Gasteiger partial charge in [0.2, 0.25) is 16.9 Å². The van der Waals surface area contributed by atoms with E-state index in [1.165, 1.54) is 23.1 Å². The summed E-state index contributed by atoms with van der Waals surface area (Å²) < 4.78 is 0.652. The van der Waals surface area contributed by atoms with E-state index >= 15 is 0 Å². The zero-order valence-electron chi connectivity index (χ0n) is 12.9. The molecule has 0 fully saturated rings. The van der Waals surface area contributed by atoms with E-state index in [9.17, 15) is 9.59 Å². The Balaban J connectivity index is 1.74. The highest BCUT2D eigenvalue weighted by molar-refractivity contribution is 8.01. The highest BCUT2D eigenvalue weighted by Gasteiger charge is 2.12. The van der Waals surface area contributed by atoms with Crippen molar-refractivity contribution in [1.29, 1.82) is 0 Å². The maximum atomic E-state index is 11.8. The highest BCUT2D eigenvalue weighted by Crippen LogP contribution is 2.25. The minimum absolute atomic E-state index is 0.0678. The van der Waals surface area contributed by atoms with Gasteiger partial charge in [0.25, 0.3) is 0 Å². The van der Waals surface area contributed by atoms with Crippen LogP contribution in [0.5, 0.6) is 0 Å². The monoisotopic (exact) mass is 350 g/mol. The molecule has 8 heteroatoms. The molecule has 2 aromatic rings. The van der Waals surface area contributed by atoms with E-state index < -0.39 is 0 Å². The van der Waals surface area contributed by atoms with Gasteiger partial charge in [-0.15, -0.1) is 10.2 Å². The molecule has 1 heterocycles. The molecule has 2 amide bonds. The van der Waals surface area contributed by atoms with Gasteiger partial charge in [0.1, 0.15) is 0 Å². The van der Waals surface area contributed by atoms with E-state index in [2.05, 4.69) is 20.8 Å². The third kappa shape index (κ3) is 5.99. The number of aromatic nitrogens is 2. The smallest absolute Gasteiger partial charge is 0.230 e. The summed E-state index contributed by atoms with van der Waals surface area (Å²) >= 11 is 2.57. The van der Waals surface area contributed by atoms with Crippen molar-refractivity contribution in [3.8, 4) is 0 Å². The van der Waals surface area contributed by atoms with Gasteiger partial charge in [0, 0.05) is 12.5 Å². The number of thioether (sulfide) groups is 1. The first-order valence-corrected chi connectivity index (χ1v) is 8.92. The fourth-order valence-corrected chi connectivity index (χ4v) is 3.13. The third-order valence-electron chi connectivity index (χ3n) is 2.82. The summed E-state index contributed by atoms with van der Waals surface area (Å²) in [6.45, 7) is 4.12. The first-order chi connectivity index (χ1) is 11.0. The van der Waals surface area contributed by atoms with Crippen molar-refractivity contribution in [3.05, 3.63) is 35.9 Å². The van der Waals surface area contributed by atoms with E-state index in [1.807, 2.05) is 44.2 Å². The van der Waals surface area contributed by atoms with Crippen LogP contribution >= 0.6 is 23.1 Å². The minimum Gasteiger partial charge on any atom is -0.351 e. The molecule has 0 aliphatic heterocycles. The molecular formula is C15H18N4O2S2. The van der Waals surface area contributed by atoms with E-state index in [4.69, 9.17) is 0 Å². The van der Waals surface area contributed by atoms with Gasteiger partial charge in [-0.25, -0.2) is 0 Å². The maximum Gasteiger partial charge on any atom is 0.230 e. The molecule has 6 nitrogen and oxygen atoms in total. The standard InChI is InChI=1S/C15H18N4O2S2/c1-10(2)13(21)17-14-18-19-15(23-14)22-9-12(20)16-8-11-6-4-3-5-7-11/h3-7,10H,8-9H2,1-2H3,(H,16,20)(H,17,18,21). The summed E-state index contributed by atoms with van der Waals surface area (Å²) in [6.07, 6.45) is 0. The minimum atomic E-state index is -0.112. The molecule has 0 spiro atoms. The fraction of sp³-hybridized carbons (Fsp3) is 0.333. The van der Waals surface area contributed by atoms with Crippen LogP contribution in [0.15, 0.2) is 34.7 Å². The van der Waals surface area contributed by atoms with Gasteiger partial charge in [-0.05, 0) is 5.56 Å². The van der Waals surface area contributed by atoms with Gasteiger partial charge in [-0.3, -0.25) is 9.59 Å². The number of carbonyl (C=O) groups excluding carboxylic acids is 2. The Bertz CT molecular complexity index is 659. The van der Waals surface area contributed by atoms with Crippen LogP contribution < -0.4 is 10.6 Å². The van der Waals surface area contributed by atoms with Crippen molar-refractivity contribution < 1.29 is 9.59 Å². The number of hydrogen-bond donors (Lipinski definition) is 2. The summed E-state index contributed by atoms with van der Waals surface area (Å²) in [4.78, 5) is 23.4. The number of hydrogen-bond acceptors (Lipinski definition) is 6. The molecule has 0 unspecified atom stereocenters. The highest BCUT2D eigenvalue weighted by atomic mass is 32.2. The zero-order chi connectivity index (χ0) is 16.7. The van der Waals surface area contributed by atoms with Crippen LogP contribution in [0.25, 0.3) is 0 Å². The molecule has 0 saturated heterocycles. The first kappa shape index (κ1) is 17.4. The zero-order valence-corrected chi connectivity index (χ0v) is 14.5. The molecule has 0 aliphatic carbocycles. The molecule has 0 bridgehead atoms. The Morgan fingerprint density at radius 2 is 1.96 bits per heavy atom. The van der Waals surface area contributed by atoms with Crippen LogP contribution in [0.3, 0.4) is 0 Å². The van der Waals surface area contributed by atoms with Gasteiger partial charge < -0.3 is 10.6 Å². The predicted molar refractivity (Wildman–Crippen MR) is 92.4 cm³/mol. The quantitative estimate of drug-likeness (QED) is 0.592. The summed E-state index contributed by atoms with van der Waals surface area (Å²) in [7, 11) is 0. The summed E-state index contributed by atoms with van der Waals surface area (Å²) in [5.74, 6) is -0.0153. The topological polar surface area (TPSA) is 84.0 Å². The molecule has 122 valence electrons. The van der Waals surface area contributed by atoms with Crippen molar-refractivity contribution in [3.63, 3.8) is 0 Å². The molecule has 23 heavy (non-hydrogen) atoms. The number of benzene rings is 1. The van der Waals surface area contributed by atoms with Gasteiger partial charge in [0.05, 0.1) is 5.75 Å². The number of anilines is 1. The van der Waals surface area contributed by atoms with Gasteiger partial charge in [-0.2, -0.15) is 0 Å². The summed E-state index contributed by atoms with van der Waals surface area (Å²) in [5.41, 5.74) is 1.06. The molecule has 2 rings (SSSR count). The lowest BCUT2D eigenvalue weighted by atomic mass is 10.2. The summed E-state index contributed by atoms with van der Waals surface area (Å²) in [6, 6.07) is 9.73. The van der Waals surface area contributed by atoms with E-state index in [-0.39, 0.29) is 23.5 Å². The Morgan fingerprint density at radius 1 is 1.22 bits per heavy atom. The average molecular weight is 350 g/mol. The Hall–Kier alpha value is -1.93.